The van der Waals surface area contributed by atoms with E-state index < -0.39 is 0 Å². The summed E-state index contributed by atoms with van der Waals surface area (Å²) in [4.78, 5) is 2.21. The summed E-state index contributed by atoms with van der Waals surface area (Å²) in [5.41, 5.74) is 7.85. The minimum atomic E-state index is 0.371. The lowest BCUT2D eigenvalue weighted by Crippen LogP contribution is -2.31. The molecule has 4 nitrogen and oxygen atoms in total. The molecular weight excluding hydrogens is 228 g/mol. The van der Waals surface area contributed by atoms with Gasteiger partial charge in [0.15, 0.2) is 0 Å². The van der Waals surface area contributed by atoms with E-state index in [1.54, 1.807) is 14.2 Å². The van der Waals surface area contributed by atoms with Crippen LogP contribution in [0, 0.1) is 6.92 Å². The summed E-state index contributed by atoms with van der Waals surface area (Å²) in [6, 6.07) is 4.30. The molecule has 4 heteroatoms. The maximum Gasteiger partial charge on any atom is 0.146 e. The monoisotopic (exact) mass is 252 g/mol. The topological polar surface area (TPSA) is 47.7 Å². The van der Waals surface area contributed by atoms with Crippen LogP contribution >= 0.6 is 0 Å². The Balaban J connectivity index is 3.14. The normalized spacial score (nSPS) is 12.1. The molecule has 0 aliphatic heterocycles. The van der Waals surface area contributed by atoms with E-state index in [1.807, 2.05) is 12.1 Å². The lowest BCUT2D eigenvalue weighted by atomic mass is 10.1. The van der Waals surface area contributed by atoms with E-state index in [0.29, 0.717) is 12.6 Å². The van der Waals surface area contributed by atoms with Crippen LogP contribution in [-0.4, -0.2) is 33.9 Å². The fraction of sp³-hybridized carbons (Fsp3) is 0.571. The Morgan fingerprint density at radius 2 is 1.94 bits per heavy atom. The van der Waals surface area contributed by atoms with Gasteiger partial charge in [0.2, 0.25) is 0 Å². The van der Waals surface area contributed by atoms with E-state index in [2.05, 4.69) is 25.8 Å². The maximum absolute atomic E-state index is 5.62. The molecule has 1 rings (SSSR count). The van der Waals surface area contributed by atoms with Gasteiger partial charge in [-0.1, -0.05) is 0 Å². The number of rotatable bonds is 6. The first-order valence-corrected chi connectivity index (χ1v) is 6.20. The summed E-state index contributed by atoms with van der Waals surface area (Å²) in [7, 11) is 5.41. The van der Waals surface area contributed by atoms with E-state index >= 15 is 0 Å². The lowest BCUT2D eigenvalue weighted by molar-refractivity contribution is 0.393. The second-order valence-electron chi connectivity index (χ2n) is 4.53. The average Bonchev–Trinajstić information content (AvgIpc) is 2.37. The fourth-order valence-electron chi connectivity index (χ4n) is 2.10. The minimum absolute atomic E-state index is 0.371. The molecule has 0 bridgehead atoms. The van der Waals surface area contributed by atoms with E-state index in [1.165, 1.54) is 0 Å². The first kappa shape index (κ1) is 14.6. The molecule has 1 aromatic carbocycles. The standard InChI is InChI=1S/C14H24N2O2/c1-10-8-12(17-4)9-13(18-5)14(10)16(3)11(2)6-7-15/h8-9,11H,6-7,15H2,1-5H3. The molecular formula is C14H24N2O2. The molecule has 0 saturated heterocycles. The Morgan fingerprint density at radius 3 is 2.44 bits per heavy atom. The summed E-state index contributed by atoms with van der Waals surface area (Å²) in [5, 5.41) is 0. The number of aryl methyl sites for hydroxylation is 1. The molecule has 0 heterocycles. The summed E-state index contributed by atoms with van der Waals surface area (Å²) < 4.78 is 10.7. The number of nitrogens with two attached hydrogens (primary N) is 1. The second-order valence-corrected chi connectivity index (χ2v) is 4.53. The first-order chi connectivity index (χ1) is 8.54. The Bertz CT molecular complexity index is 394. The average molecular weight is 252 g/mol. The molecule has 0 spiro atoms. The van der Waals surface area contributed by atoms with E-state index in [-0.39, 0.29) is 0 Å². The van der Waals surface area contributed by atoms with Gasteiger partial charge in [-0.05, 0) is 38.4 Å². The second kappa shape index (κ2) is 6.50. The zero-order valence-corrected chi connectivity index (χ0v) is 12.0. The van der Waals surface area contributed by atoms with Gasteiger partial charge in [-0.3, -0.25) is 0 Å². The lowest BCUT2D eigenvalue weighted by Gasteiger charge is -2.30. The van der Waals surface area contributed by atoms with Crippen molar-refractivity contribution in [1.82, 2.24) is 0 Å². The van der Waals surface area contributed by atoms with Gasteiger partial charge < -0.3 is 20.1 Å². The van der Waals surface area contributed by atoms with Crippen LogP contribution in [0.2, 0.25) is 0 Å². The van der Waals surface area contributed by atoms with Crippen molar-refractivity contribution in [3.63, 3.8) is 0 Å². The molecule has 1 atom stereocenters. The number of nitrogens with zero attached hydrogens (tertiary/aromatic N) is 1. The fourth-order valence-corrected chi connectivity index (χ4v) is 2.10. The number of hydrogen-bond acceptors (Lipinski definition) is 4. The van der Waals surface area contributed by atoms with Crippen molar-refractivity contribution >= 4 is 5.69 Å². The van der Waals surface area contributed by atoms with Gasteiger partial charge in [0.05, 0.1) is 19.9 Å². The van der Waals surface area contributed by atoms with E-state index in [4.69, 9.17) is 15.2 Å². The van der Waals surface area contributed by atoms with Crippen LogP contribution in [0.1, 0.15) is 18.9 Å². The van der Waals surface area contributed by atoms with Gasteiger partial charge in [-0.25, -0.2) is 0 Å². The summed E-state index contributed by atoms with van der Waals surface area (Å²) in [6.45, 7) is 4.91. The molecule has 0 fully saturated rings. The highest BCUT2D eigenvalue weighted by atomic mass is 16.5. The van der Waals surface area contributed by atoms with Crippen molar-refractivity contribution in [2.24, 2.45) is 5.73 Å². The quantitative estimate of drug-likeness (QED) is 0.843. The van der Waals surface area contributed by atoms with Crippen molar-refractivity contribution < 1.29 is 9.47 Å². The van der Waals surface area contributed by atoms with Crippen molar-refractivity contribution in [3.05, 3.63) is 17.7 Å². The largest absolute Gasteiger partial charge is 0.497 e. The Hall–Kier alpha value is -1.42. The zero-order valence-electron chi connectivity index (χ0n) is 12.0. The number of hydrogen-bond donors (Lipinski definition) is 1. The van der Waals surface area contributed by atoms with Gasteiger partial charge >= 0.3 is 0 Å². The smallest absolute Gasteiger partial charge is 0.146 e. The highest BCUT2D eigenvalue weighted by Gasteiger charge is 2.17. The van der Waals surface area contributed by atoms with E-state index in [9.17, 15) is 0 Å². The van der Waals surface area contributed by atoms with Crippen LogP contribution in [0.25, 0.3) is 0 Å². The molecule has 102 valence electrons. The zero-order chi connectivity index (χ0) is 13.7. The molecule has 18 heavy (non-hydrogen) atoms. The van der Waals surface area contributed by atoms with Crippen LogP contribution in [0.3, 0.4) is 0 Å². The van der Waals surface area contributed by atoms with Crippen LogP contribution in [0.5, 0.6) is 11.5 Å². The van der Waals surface area contributed by atoms with E-state index in [0.717, 1.165) is 29.2 Å². The number of ether oxygens (including phenoxy) is 2. The predicted octanol–water partition coefficient (Wildman–Crippen LogP) is 2.19. The summed E-state index contributed by atoms with van der Waals surface area (Å²) >= 11 is 0. The molecule has 0 saturated carbocycles. The number of methoxy groups -OCH3 is 2. The molecule has 0 aliphatic rings. The number of anilines is 1. The van der Waals surface area contributed by atoms with Crippen LogP contribution in [0.4, 0.5) is 5.69 Å². The molecule has 0 aromatic heterocycles. The SMILES string of the molecule is COc1cc(C)c(N(C)C(C)CCN)c(OC)c1. The van der Waals surface area contributed by atoms with Crippen LogP contribution in [-0.2, 0) is 0 Å². The summed E-state index contributed by atoms with van der Waals surface area (Å²) in [5.74, 6) is 1.64. The first-order valence-electron chi connectivity index (χ1n) is 6.20. The Morgan fingerprint density at radius 1 is 1.28 bits per heavy atom. The van der Waals surface area contributed by atoms with Crippen LogP contribution in [0.15, 0.2) is 12.1 Å². The highest BCUT2D eigenvalue weighted by molar-refractivity contribution is 5.66. The molecule has 0 amide bonds. The third-order valence-electron chi connectivity index (χ3n) is 3.29. The van der Waals surface area contributed by atoms with Gasteiger partial charge in [-0.15, -0.1) is 0 Å². The number of benzene rings is 1. The third kappa shape index (κ3) is 3.07. The van der Waals surface area contributed by atoms with Gasteiger partial charge in [0, 0.05) is 19.2 Å². The van der Waals surface area contributed by atoms with Crippen molar-refractivity contribution in [2.45, 2.75) is 26.3 Å². The summed E-state index contributed by atoms with van der Waals surface area (Å²) in [6.07, 6.45) is 0.950. The van der Waals surface area contributed by atoms with Gasteiger partial charge in [0.1, 0.15) is 11.5 Å². The Kier molecular flexibility index (Phi) is 5.28. The molecule has 0 aliphatic carbocycles. The molecule has 1 aromatic rings. The van der Waals surface area contributed by atoms with Crippen molar-refractivity contribution in [3.8, 4) is 11.5 Å². The molecule has 1 unspecified atom stereocenters. The van der Waals surface area contributed by atoms with Gasteiger partial charge in [0.25, 0.3) is 0 Å². The predicted molar refractivity (Wildman–Crippen MR) is 75.8 cm³/mol. The van der Waals surface area contributed by atoms with Gasteiger partial charge in [-0.2, -0.15) is 0 Å². The minimum Gasteiger partial charge on any atom is -0.497 e. The van der Waals surface area contributed by atoms with Crippen molar-refractivity contribution in [2.75, 3.05) is 32.7 Å². The van der Waals surface area contributed by atoms with Crippen LogP contribution < -0.4 is 20.1 Å². The Labute approximate surface area is 110 Å². The molecule has 2 N–H and O–H groups in total. The highest BCUT2D eigenvalue weighted by Crippen LogP contribution is 2.36. The maximum atomic E-state index is 5.62. The third-order valence-corrected chi connectivity index (χ3v) is 3.29. The van der Waals surface area contributed by atoms with Crippen molar-refractivity contribution in [1.29, 1.82) is 0 Å². The molecule has 0 radical (unpaired) electrons.